The molecule has 0 saturated carbocycles. The van der Waals surface area contributed by atoms with Gasteiger partial charge in [-0.05, 0) is 60.3 Å². The molecule has 0 amide bonds. The molecule has 2 aromatic carbocycles. The van der Waals surface area contributed by atoms with Gasteiger partial charge in [0.1, 0.15) is 0 Å². The Bertz CT molecular complexity index is 714. The normalized spacial score (nSPS) is 16.7. The third-order valence-electron chi connectivity index (χ3n) is 4.28. The molecule has 0 aliphatic carbocycles. The summed E-state index contributed by atoms with van der Waals surface area (Å²) < 4.78 is 10.3. The maximum absolute atomic E-state index is 9.94. The van der Waals surface area contributed by atoms with Crippen LogP contribution in [0.25, 0.3) is 0 Å². The summed E-state index contributed by atoms with van der Waals surface area (Å²) >= 11 is 0. The van der Waals surface area contributed by atoms with Gasteiger partial charge >= 0.3 is 0 Å². The van der Waals surface area contributed by atoms with E-state index in [-0.39, 0.29) is 17.5 Å². The lowest BCUT2D eigenvalue weighted by Gasteiger charge is -2.28. The van der Waals surface area contributed by atoms with Gasteiger partial charge in [-0.3, -0.25) is 0 Å². The van der Waals surface area contributed by atoms with Crippen LogP contribution in [0.1, 0.15) is 22.7 Å². The maximum atomic E-state index is 9.94. The van der Waals surface area contributed by atoms with Crippen LogP contribution in [0.3, 0.4) is 0 Å². The molecule has 0 aromatic heterocycles. The van der Waals surface area contributed by atoms with E-state index in [0.29, 0.717) is 11.5 Å². The highest BCUT2D eigenvalue weighted by atomic mass is 16.5. The molecule has 5 heteroatoms. The Hall–Kier alpha value is -2.40. The second-order valence-corrected chi connectivity index (χ2v) is 5.69. The number of benzene rings is 2. The number of methoxy groups -OCH3 is 2. The summed E-state index contributed by atoms with van der Waals surface area (Å²) in [6.45, 7) is 0.853. The molecule has 1 aliphatic heterocycles. The second kappa shape index (κ2) is 6.38. The Labute approximate surface area is 135 Å². The van der Waals surface area contributed by atoms with Gasteiger partial charge in [-0.15, -0.1) is 0 Å². The van der Waals surface area contributed by atoms with Crippen LogP contribution < -0.4 is 14.8 Å². The van der Waals surface area contributed by atoms with Crippen molar-refractivity contribution < 1.29 is 19.7 Å². The zero-order valence-corrected chi connectivity index (χ0v) is 13.3. The fraction of sp³-hybridized carbons (Fsp3) is 0.333. The van der Waals surface area contributed by atoms with E-state index in [1.54, 1.807) is 25.3 Å². The van der Waals surface area contributed by atoms with Crippen LogP contribution in [-0.2, 0) is 12.8 Å². The highest BCUT2D eigenvalue weighted by Crippen LogP contribution is 2.36. The lowest BCUT2D eigenvalue weighted by molar-refractivity contribution is 0.369. The second-order valence-electron chi connectivity index (χ2n) is 5.69. The number of nitrogens with one attached hydrogen (secondary N) is 1. The molecule has 122 valence electrons. The van der Waals surface area contributed by atoms with Gasteiger partial charge in [0.15, 0.2) is 23.0 Å². The SMILES string of the molecule is COc1ccc(C[C@H]2NCCc3cc(O)c(OC)cc32)cc1O. The first-order chi connectivity index (χ1) is 11.1. The maximum Gasteiger partial charge on any atom is 0.160 e. The van der Waals surface area contributed by atoms with E-state index in [4.69, 9.17) is 9.47 Å². The third-order valence-corrected chi connectivity index (χ3v) is 4.28. The van der Waals surface area contributed by atoms with Crippen LogP contribution >= 0.6 is 0 Å². The molecule has 5 nitrogen and oxygen atoms in total. The van der Waals surface area contributed by atoms with Gasteiger partial charge in [-0.25, -0.2) is 0 Å². The van der Waals surface area contributed by atoms with Gasteiger partial charge < -0.3 is 25.0 Å². The Morgan fingerprint density at radius 3 is 2.48 bits per heavy atom. The lowest BCUT2D eigenvalue weighted by Crippen LogP contribution is -2.31. The fourth-order valence-electron chi connectivity index (χ4n) is 3.10. The standard InChI is InChI=1S/C18H21NO4/c1-22-17-4-3-11(8-15(17)20)7-14-13-10-18(23-2)16(21)9-12(13)5-6-19-14/h3-4,8-10,14,19-21H,5-7H2,1-2H3/t14-/m1/s1. The largest absolute Gasteiger partial charge is 0.504 e. The Balaban J connectivity index is 1.89. The van der Waals surface area contributed by atoms with E-state index in [1.165, 1.54) is 7.11 Å². The minimum Gasteiger partial charge on any atom is -0.504 e. The van der Waals surface area contributed by atoms with Crippen molar-refractivity contribution >= 4 is 0 Å². The summed E-state index contributed by atoms with van der Waals surface area (Å²) in [5.74, 6) is 1.27. The van der Waals surface area contributed by atoms with Crippen molar-refractivity contribution in [2.75, 3.05) is 20.8 Å². The number of hydrogen-bond donors (Lipinski definition) is 3. The molecule has 0 radical (unpaired) electrons. The number of hydrogen-bond acceptors (Lipinski definition) is 5. The van der Waals surface area contributed by atoms with Crippen LogP contribution in [0.15, 0.2) is 30.3 Å². The zero-order chi connectivity index (χ0) is 16.4. The average molecular weight is 315 g/mol. The smallest absolute Gasteiger partial charge is 0.160 e. The number of aromatic hydroxyl groups is 2. The number of rotatable bonds is 4. The minimum atomic E-state index is 0.112. The number of ether oxygens (including phenoxy) is 2. The molecule has 3 N–H and O–H groups in total. The summed E-state index contributed by atoms with van der Waals surface area (Å²) in [6, 6.07) is 9.24. The minimum absolute atomic E-state index is 0.112. The van der Waals surface area contributed by atoms with Crippen LogP contribution in [0, 0.1) is 0 Å². The summed E-state index contributed by atoms with van der Waals surface area (Å²) in [5, 5.41) is 23.4. The summed E-state index contributed by atoms with van der Waals surface area (Å²) in [5.41, 5.74) is 3.27. The molecule has 1 atom stereocenters. The number of fused-ring (bicyclic) bond motifs is 1. The molecule has 1 aliphatic rings. The topological polar surface area (TPSA) is 71.0 Å². The first-order valence-electron chi connectivity index (χ1n) is 7.61. The van der Waals surface area contributed by atoms with Crippen molar-refractivity contribution in [1.29, 1.82) is 0 Å². The Kier molecular flexibility index (Phi) is 4.30. The predicted molar refractivity (Wildman–Crippen MR) is 87.5 cm³/mol. The molecular formula is C18H21NO4. The molecule has 0 bridgehead atoms. The summed E-state index contributed by atoms with van der Waals surface area (Å²) in [6.07, 6.45) is 1.61. The Morgan fingerprint density at radius 1 is 1.04 bits per heavy atom. The van der Waals surface area contributed by atoms with Crippen LogP contribution in [0.4, 0.5) is 0 Å². The number of phenols is 2. The molecule has 1 heterocycles. The van der Waals surface area contributed by atoms with Gasteiger partial charge in [0, 0.05) is 6.04 Å². The third kappa shape index (κ3) is 3.05. The van der Waals surface area contributed by atoms with E-state index in [1.807, 2.05) is 12.1 Å². The molecule has 3 rings (SSSR count). The monoisotopic (exact) mass is 315 g/mol. The first-order valence-corrected chi connectivity index (χ1v) is 7.61. The zero-order valence-electron chi connectivity index (χ0n) is 13.3. The van der Waals surface area contributed by atoms with Crippen molar-refractivity contribution in [3.63, 3.8) is 0 Å². The van der Waals surface area contributed by atoms with Crippen molar-refractivity contribution in [2.45, 2.75) is 18.9 Å². The van der Waals surface area contributed by atoms with Crippen molar-refractivity contribution in [2.24, 2.45) is 0 Å². The van der Waals surface area contributed by atoms with Gasteiger partial charge in [0.25, 0.3) is 0 Å². The Morgan fingerprint density at radius 2 is 1.78 bits per heavy atom. The van der Waals surface area contributed by atoms with Crippen LogP contribution in [-0.4, -0.2) is 31.0 Å². The molecular weight excluding hydrogens is 294 g/mol. The van der Waals surface area contributed by atoms with E-state index in [0.717, 1.165) is 36.1 Å². The first kappa shape index (κ1) is 15.5. The van der Waals surface area contributed by atoms with Crippen molar-refractivity contribution in [1.82, 2.24) is 5.32 Å². The number of phenolic OH excluding ortho intramolecular Hbond substituents is 2. The van der Waals surface area contributed by atoms with E-state index in [9.17, 15) is 10.2 Å². The van der Waals surface area contributed by atoms with E-state index < -0.39 is 0 Å². The predicted octanol–water partition coefficient (Wildman–Crippen LogP) is 2.54. The molecule has 0 fully saturated rings. The van der Waals surface area contributed by atoms with Gasteiger partial charge in [-0.2, -0.15) is 0 Å². The molecule has 23 heavy (non-hydrogen) atoms. The lowest BCUT2D eigenvalue weighted by atomic mass is 9.90. The van der Waals surface area contributed by atoms with Crippen molar-refractivity contribution in [3.05, 3.63) is 47.0 Å². The molecule has 2 aromatic rings. The highest BCUT2D eigenvalue weighted by molar-refractivity contribution is 5.49. The van der Waals surface area contributed by atoms with E-state index in [2.05, 4.69) is 5.32 Å². The highest BCUT2D eigenvalue weighted by Gasteiger charge is 2.22. The fourth-order valence-corrected chi connectivity index (χ4v) is 3.10. The van der Waals surface area contributed by atoms with Gasteiger partial charge in [0.2, 0.25) is 0 Å². The van der Waals surface area contributed by atoms with E-state index >= 15 is 0 Å². The van der Waals surface area contributed by atoms with Gasteiger partial charge in [0.05, 0.1) is 14.2 Å². The molecule has 0 unspecified atom stereocenters. The molecule has 0 spiro atoms. The average Bonchev–Trinajstić information content (AvgIpc) is 2.54. The quantitative estimate of drug-likeness (QED) is 0.809. The van der Waals surface area contributed by atoms with Crippen LogP contribution in [0.2, 0.25) is 0 Å². The van der Waals surface area contributed by atoms with Crippen LogP contribution in [0.5, 0.6) is 23.0 Å². The molecule has 0 saturated heterocycles. The van der Waals surface area contributed by atoms with Gasteiger partial charge in [-0.1, -0.05) is 6.07 Å². The summed E-state index contributed by atoms with van der Waals surface area (Å²) in [7, 11) is 3.08. The van der Waals surface area contributed by atoms with Crippen molar-refractivity contribution in [3.8, 4) is 23.0 Å². The summed E-state index contributed by atoms with van der Waals surface area (Å²) in [4.78, 5) is 0.